The lowest BCUT2D eigenvalue weighted by Gasteiger charge is -2.12. The van der Waals surface area contributed by atoms with Gasteiger partial charge in [-0.3, -0.25) is 9.59 Å². The highest BCUT2D eigenvalue weighted by molar-refractivity contribution is 8.00. The zero-order chi connectivity index (χ0) is 19.8. The maximum atomic E-state index is 12.2. The number of anilines is 2. The number of hydrogen-bond acceptors (Lipinski definition) is 4. The first kappa shape index (κ1) is 20.3. The topological polar surface area (TPSA) is 95.5 Å². The molecular formula is C20H20N2O4S. The van der Waals surface area contributed by atoms with Gasteiger partial charge in [-0.25, -0.2) is 4.79 Å². The lowest BCUT2D eigenvalue weighted by molar-refractivity contribution is -0.132. The number of amides is 2. The second-order valence-electron chi connectivity index (χ2n) is 5.76. The summed E-state index contributed by atoms with van der Waals surface area (Å²) < 4.78 is 0. The number of carbonyl (C=O) groups excluding carboxylic acids is 2. The monoisotopic (exact) mass is 384 g/mol. The summed E-state index contributed by atoms with van der Waals surface area (Å²) in [5.74, 6) is -1.75. The summed E-state index contributed by atoms with van der Waals surface area (Å²) in [6, 6.07) is 16.2. The molecule has 0 heterocycles. The Morgan fingerprint density at radius 2 is 1.56 bits per heavy atom. The fraction of sp³-hybridized carbons (Fsp3) is 0.150. The molecule has 0 spiro atoms. The normalized spacial score (nSPS) is 12.1. The minimum absolute atomic E-state index is 0.0436. The largest absolute Gasteiger partial charge is 0.478 e. The number of nitrogens with one attached hydrogen (secondary N) is 2. The first-order valence-corrected chi connectivity index (χ1v) is 9.08. The van der Waals surface area contributed by atoms with Gasteiger partial charge in [0.05, 0.1) is 5.25 Å². The molecule has 0 radical (unpaired) electrons. The van der Waals surface area contributed by atoms with Crippen LogP contribution in [0.25, 0.3) is 0 Å². The minimum Gasteiger partial charge on any atom is -0.478 e. The molecule has 2 amide bonds. The number of thioether (sulfide) groups is 1. The van der Waals surface area contributed by atoms with Crippen LogP contribution in [0.4, 0.5) is 11.4 Å². The molecule has 1 atom stereocenters. The van der Waals surface area contributed by atoms with E-state index in [1.54, 1.807) is 24.3 Å². The van der Waals surface area contributed by atoms with E-state index < -0.39 is 11.9 Å². The second kappa shape index (κ2) is 9.59. The Morgan fingerprint density at radius 3 is 2.15 bits per heavy atom. The number of rotatable bonds is 7. The van der Waals surface area contributed by atoms with Gasteiger partial charge in [0.25, 0.3) is 0 Å². The fourth-order valence-corrected chi connectivity index (χ4v) is 2.94. The number of carbonyl (C=O) groups is 3. The van der Waals surface area contributed by atoms with Gasteiger partial charge in [-0.15, -0.1) is 11.8 Å². The molecule has 3 N–H and O–H groups in total. The summed E-state index contributed by atoms with van der Waals surface area (Å²) in [5, 5.41) is 13.9. The molecule has 7 heteroatoms. The Hall–Kier alpha value is -3.06. The van der Waals surface area contributed by atoms with E-state index in [1.807, 2.05) is 37.3 Å². The Morgan fingerprint density at radius 1 is 0.963 bits per heavy atom. The Kier molecular flexibility index (Phi) is 7.19. The maximum absolute atomic E-state index is 12.2. The van der Waals surface area contributed by atoms with Crippen molar-refractivity contribution in [1.82, 2.24) is 0 Å². The molecule has 0 aliphatic carbocycles. The van der Waals surface area contributed by atoms with Gasteiger partial charge in [-0.05, 0) is 50.2 Å². The summed E-state index contributed by atoms with van der Waals surface area (Å²) in [7, 11) is 0. The third-order valence-electron chi connectivity index (χ3n) is 3.53. The van der Waals surface area contributed by atoms with E-state index in [2.05, 4.69) is 10.6 Å². The smallest absolute Gasteiger partial charge is 0.331 e. The van der Waals surface area contributed by atoms with Crippen molar-refractivity contribution < 1.29 is 19.5 Å². The van der Waals surface area contributed by atoms with Crippen LogP contribution in [0, 0.1) is 0 Å². The molecule has 140 valence electrons. The third kappa shape index (κ3) is 6.63. The van der Waals surface area contributed by atoms with Crippen LogP contribution in [0.3, 0.4) is 0 Å². The van der Waals surface area contributed by atoms with E-state index in [-0.39, 0.29) is 16.7 Å². The van der Waals surface area contributed by atoms with Gasteiger partial charge < -0.3 is 15.7 Å². The highest BCUT2D eigenvalue weighted by atomic mass is 32.2. The summed E-state index contributed by atoms with van der Waals surface area (Å²) >= 11 is 1.40. The van der Waals surface area contributed by atoms with E-state index in [0.717, 1.165) is 16.7 Å². The van der Waals surface area contributed by atoms with E-state index >= 15 is 0 Å². The highest BCUT2D eigenvalue weighted by Crippen LogP contribution is 2.25. The van der Waals surface area contributed by atoms with Crippen LogP contribution >= 0.6 is 11.8 Å². The van der Waals surface area contributed by atoms with E-state index in [4.69, 9.17) is 5.11 Å². The minimum atomic E-state index is -1.14. The molecule has 0 saturated carbocycles. The Balaban J connectivity index is 1.91. The van der Waals surface area contributed by atoms with Crippen molar-refractivity contribution in [2.45, 2.75) is 24.0 Å². The zero-order valence-electron chi connectivity index (χ0n) is 14.9. The van der Waals surface area contributed by atoms with Gasteiger partial charge in [0.15, 0.2) is 0 Å². The third-order valence-corrected chi connectivity index (χ3v) is 4.64. The number of hydrogen-bond donors (Lipinski definition) is 3. The number of carboxylic acids is 1. The van der Waals surface area contributed by atoms with Crippen LogP contribution in [-0.2, 0) is 14.4 Å². The maximum Gasteiger partial charge on any atom is 0.331 e. The van der Waals surface area contributed by atoms with Crippen molar-refractivity contribution in [2.24, 2.45) is 0 Å². The number of aliphatic carboxylic acids is 1. The van der Waals surface area contributed by atoms with Gasteiger partial charge in [0, 0.05) is 27.9 Å². The van der Waals surface area contributed by atoms with Crippen molar-refractivity contribution in [3.05, 3.63) is 66.2 Å². The molecule has 0 bridgehead atoms. The van der Waals surface area contributed by atoms with Gasteiger partial charge >= 0.3 is 5.97 Å². The molecule has 0 aliphatic heterocycles. The highest BCUT2D eigenvalue weighted by Gasteiger charge is 2.14. The van der Waals surface area contributed by atoms with Crippen molar-refractivity contribution in [2.75, 3.05) is 10.6 Å². The van der Waals surface area contributed by atoms with Gasteiger partial charge in [-0.1, -0.05) is 18.2 Å². The van der Waals surface area contributed by atoms with Crippen molar-refractivity contribution in [1.29, 1.82) is 0 Å². The molecule has 27 heavy (non-hydrogen) atoms. The quantitative estimate of drug-likeness (QED) is 0.499. The molecule has 2 aromatic rings. The van der Waals surface area contributed by atoms with Crippen molar-refractivity contribution in [3.63, 3.8) is 0 Å². The first-order chi connectivity index (χ1) is 12.8. The van der Waals surface area contributed by atoms with Crippen LogP contribution in [0.2, 0.25) is 0 Å². The summed E-state index contributed by atoms with van der Waals surface area (Å²) in [6.45, 7) is 3.17. The van der Waals surface area contributed by atoms with Crippen LogP contribution in [0.15, 0.2) is 71.1 Å². The average Bonchev–Trinajstić information content (AvgIpc) is 2.64. The van der Waals surface area contributed by atoms with Crippen molar-refractivity contribution in [3.8, 4) is 0 Å². The summed E-state index contributed by atoms with van der Waals surface area (Å²) in [6.07, 6.45) is 1.03. The lowest BCUT2D eigenvalue weighted by Crippen LogP contribution is -2.22. The van der Waals surface area contributed by atoms with Gasteiger partial charge in [-0.2, -0.15) is 0 Å². The fourth-order valence-electron chi connectivity index (χ4n) is 2.08. The Labute approximate surface area is 161 Å². The first-order valence-electron chi connectivity index (χ1n) is 8.20. The molecule has 0 aliphatic rings. The van der Waals surface area contributed by atoms with Crippen LogP contribution in [0.5, 0.6) is 0 Å². The number of para-hydroxylation sites is 1. The molecule has 0 aromatic heterocycles. The van der Waals surface area contributed by atoms with Crippen LogP contribution in [0.1, 0.15) is 13.8 Å². The number of carboxylic acid groups (broad SMARTS) is 1. The lowest BCUT2D eigenvalue weighted by atomic mass is 10.2. The van der Waals surface area contributed by atoms with E-state index in [1.165, 1.54) is 18.7 Å². The van der Waals surface area contributed by atoms with E-state index in [0.29, 0.717) is 5.69 Å². The summed E-state index contributed by atoms with van der Waals surface area (Å²) in [5.41, 5.74) is 1.25. The average molecular weight is 384 g/mol. The molecule has 1 unspecified atom stereocenters. The van der Waals surface area contributed by atoms with E-state index in [9.17, 15) is 14.4 Å². The van der Waals surface area contributed by atoms with Crippen molar-refractivity contribution >= 4 is 40.9 Å². The molecule has 0 fully saturated rings. The Bertz CT molecular complexity index is 848. The predicted octanol–water partition coefficient (Wildman–Crippen LogP) is 3.78. The molecule has 2 rings (SSSR count). The van der Waals surface area contributed by atoms with Gasteiger partial charge in [0.1, 0.15) is 0 Å². The molecular weight excluding hydrogens is 364 g/mol. The molecule has 6 nitrogen and oxygen atoms in total. The van der Waals surface area contributed by atoms with Crippen LogP contribution in [-0.4, -0.2) is 28.1 Å². The molecule has 2 aromatic carbocycles. The number of benzene rings is 2. The summed E-state index contributed by atoms with van der Waals surface area (Å²) in [4.78, 5) is 35.6. The second-order valence-corrected chi connectivity index (χ2v) is 7.18. The van der Waals surface area contributed by atoms with Gasteiger partial charge in [0.2, 0.25) is 11.8 Å². The predicted molar refractivity (Wildman–Crippen MR) is 107 cm³/mol. The molecule has 0 saturated heterocycles. The SMILES string of the molecule is CC(=CC(=O)Nc1ccc(SC(C)C(=O)Nc2ccccc2)cc1)C(=O)O. The zero-order valence-corrected chi connectivity index (χ0v) is 15.7. The standard InChI is InChI=1S/C20H20N2O4S/c1-13(20(25)26)12-18(23)21-16-8-10-17(11-9-16)27-14(2)19(24)22-15-6-4-3-5-7-15/h3-12,14H,1-2H3,(H,21,23)(H,22,24)(H,25,26). The van der Waals surface area contributed by atoms with Crippen LogP contribution < -0.4 is 10.6 Å².